The number of carboxylic acid groups (broad SMARTS) is 2. The zero-order valence-corrected chi connectivity index (χ0v) is 15.3. The van der Waals surface area contributed by atoms with Crippen molar-refractivity contribution >= 4 is 19.6 Å². The average Bonchev–Trinajstić information content (AvgIpc) is 2.48. The van der Waals surface area contributed by atoms with Gasteiger partial charge in [0.2, 0.25) is 0 Å². The zero-order chi connectivity index (χ0) is 21.6. The SMILES string of the molecule is O=C(O)CCC(CP(=O)(F)OC(F)(F)CC(F)(F)Cc1ccccc1)C(=O)O. The zero-order valence-electron chi connectivity index (χ0n) is 14.4. The van der Waals surface area contributed by atoms with E-state index in [1.807, 2.05) is 0 Å². The van der Waals surface area contributed by atoms with Crippen LogP contribution >= 0.6 is 7.68 Å². The quantitative estimate of drug-likeness (QED) is 0.370. The fraction of sp³-hybridized carbons (Fsp3) is 0.500. The Labute approximate surface area is 156 Å². The van der Waals surface area contributed by atoms with Gasteiger partial charge in [0, 0.05) is 12.8 Å². The minimum Gasteiger partial charge on any atom is -0.481 e. The van der Waals surface area contributed by atoms with Crippen molar-refractivity contribution in [3.05, 3.63) is 35.9 Å². The van der Waals surface area contributed by atoms with Crippen LogP contribution in [0.1, 0.15) is 24.8 Å². The molecule has 0 amide bonds. The summed E-state index contributed by atoms with van der Waals surface area (Å²) < 4.78 is 84.1. The minimum absolute atomic E-state index is 0.0337. The van der Waals surface area contributed by atoms with Crippen molar-refractivity contribution in [2.75, 3.05) is 6.16 Å². The van der Waals surface area contributed by atoms with Gasteiger partial charge in [-0.05, 0) is 12.0 Å². The number of carboxylic acids is 2. The smallest absolute Gasteiger partial charge is 0.373 e. The topological polar surface area (TPSA) is 101 Å². The largest absolute Gasteiger partial charge is 0.481 e. The molecule has 0 saturated carbocycles. The number of benzene rings is 1. The van der Waals surface area contributed by atoms with Gasteiger partial charge >= 0.3 is 25.7 Å². The van der Waals surface area contributed by atoms with Crippen LogP contribution in [0.15, 0.2) is 30.3 Å². The van der Waals surface area contributed by atoms with Crippen molar-refractivity contribution in [2.24, 2.45) is 5.92 Å². The molecule has 158 valence electrons. The van der Waals surface area contributed by atoms with Gasteiger partial charge in [0.1, 0.15) is 6.42 Å². The standard InChI is InChI=1S/C16H18F5O6P/c17-15(18,8-11-4-2-1-3-5-11)10-16(19,20)27-28(21,26)9-12(14(24)25)6-7-13(22)23/h1-5,12H,6-10H2,(H,22,23)(H,24,25). The molecular formula is C16H18F5O6P. The summed E-state index contributed by atoms with van der Waals surface area (Å²) in [6, 6.07) is 6.90. The Morgan fingerprint density at radius 1 is 1.11 bits per heavy atom. The molecule has 0 aromatic heterocycles. The number of halogens is 5. The lowest BCUT2D eigenvalue weighted by Crippen LogP contribution is -2.33. The summed E-state index contributed by atoms with van der Waals surface area (Å²) in [6.07, 6.45) is -11.2. The third kappa shape index (κ3) is 9.27. The van der Waals surface area contributed by atoms with Crippen molar-refractivity contribution in [2.45, 2.75) is 37.7 Å². The summed E-state index contributed by atoms with van der Waals surface area (Å²) in [5.41, 5.74) is 0.0337. The minimum atomic E-state index is -5.81. The number of carbonyl (C=O) groups is 2. The fourth-order valence-corrected chi connectivity index (χ4v) is 3.78. The maximum absolute atomic E-state index is 13.9. The predicted molar refractivity (Wildman–Crippen MR) is 87.3 cm³/mol. The van der Waals surface area contributed by atoms with Gasteiger partial charge in [-0.1, -0.05) is 30.3 Å². The first kappa shape index (κ1) is 24.0. The molecule has 1 aromatic carbocycles. The van der Waals surface area contributed by atoms with E-state index in [-0.39, 0.29) is 5.56 Å². The maximum Gasteiger partial charge on any atom is 0.373 e. The summed E-state index contributed by atoms with van der Waals surface area (Å²) in [5, 5.41) is 17.3. The normalized spacial score (nSPS) is 15.6. The van der Waals surface area contributed by atoms with Crippen LogP contribution in [0.3, 0.4) is 0 Å². The highest BCUT2D eigenvalue weighted by Gasteiger charge is 2.49. The Balaban J connectivity index is 2.77. The molecule has 2 unspecified atom stereocenters. The molecule has 1 aromatic rings. The summed E-state index contributed by atoms with van der Waals surface area (Å²) in [6.45, 7) is 0. The molecule has 0 saturated heterocycles. The second-order valence-electron chi connectivity index (χ2n) is 6.16. The van der Waals surface area contributed by atoms with Gasteiger partial charge in [-0.25, -0.2) is 13.3 Å². The van der Waals surface area contributed by atoms with Crippen molar-refractivity contribution in [3.63, 3.8) is 0 Å². The molecule has 0 aliphatic rings. The summed E-state index contributed by atoms with van der Waals surface area (Å²) in [4.78, 5) is 21.4. The summed E-state index contributed by atoms with van der Waals surface area (Å²) in [5.74, 6) is -9.14. The number of alkyl halides is 4. The number of aliphatic carboxylic acids is 2. The highest BCUT2D eigenvalue weighted by atomic mass is 31.2. The van der Waals surface area contributed by atoms with Crippen LogP contribution < -0.4 is 0 Å². The first-order chi connectivity index (χ1) is 12.7. The van der Waals surface area contributed by atoms with Crippen LogP contribution in [0.5, 0.6) is 0 Å². The monoisotopic (exact) mass is 432 g/mol. The molecule has 2 N–H and O–H groups in total. The molecule has 0 aliphatic heterocycles. The molecule has 28 heavy (non-hydrogen) atoms. The van der Waals surface area contributed by atoms with Crippen LogP contribution in [-0.4, -0.2) is 40.3 Å². The predicted octanol–water partition coefficient (Wildman–Crippen LogP) is 4.59. The Bertz CT molecular complexity index is 727. The molecule has 0 radical (unpaired) electrons. The first-order valence-electron chi connectivity index (χ1n) is 7.95. The third-order valence-corrected chi connectivity index (χ3v) is 4.95. The number of hydrogen-bond donors (Lipinski definition) is 2. The molecule has 1 rings (SSSR count). The molecule has 2 atom stereocenters. The van der Waals surface area contributed by atoms with Crippen LogP contribution in [0, 0.1) is 5.92 Å². The molecule has 0 bridgehead atoms. The molecule has 0 fully saturated rings. The lowest BCUT2D eigenvalue weighted by atomic mass is 10.0. The average molecular weight is 432 g/mol. The van der Waals surface area contributed by atoms with Gasteiger partial charge < -0.3 is 10.2 Å². The Morgan fingerprint density at radius 2 is 1.68 bits per heavy atom. The van der Waals surface area contributed by atoms with E-state index in [1.54, 1.807) is 0 Å². The van der Waals surface area contributed by atoms with Crippen molar-refractivity contribution in [1.82, 2.24) is 0 Å². The Morgan fingerprint density at radius 3 is 2.18 bits per heavy atom. The molecule has 0 spiro atoms. The van der Waals surface area contributed by atoms with Gasteiger partial charge in [-0.15, -0.1) is 0 Å². The number of hydrogen-bond acceptors (Lipinski definition) is 4. The molecule has 6 nitrogen and oxygen atoms in total. The highest BCUT2D eigenvalue weighted by Crippen LogP contribution is 2.56. The second-order valence-corrected chi connectivity index (χ2v) is 7.89. The maximum atomic E-state index is 13.9. The second kappa shape index (κ2) is 9.47. The van der Waals surface area contributed by atoms with Gasteiger partial charge in [0.05, 0.1) is 12.1 Å². The van der Waals surface area contributed by atoms with E-state index >= 15 is 0 Å². The molecule has 0 heterocycles. The highest BCUT2D eigenvalue weighted by molar-refractivity contribution is 7.53. The van der Waals surface area contributed by atoms with Crippen LogP contribution in [-0.2, 0) is 25.1 Å². The number of rotatable bonds is 12. The van der Waals surface area contributed by atoms with E-state index in [2.05, 4.69) is 4.52 Å². The van der Waals surface area contributed by atoms with Crippen LogP contribution in [0.4, 0.5) is 21.8 Å². The lowest BCUT2D eigenvalue weighted by Gasteiger charge is -2.25. The third-order valence-electron chi connectivity index (χ3n) is 3.53. The van der Waals surface area contributed by atoms with Crippen molar-refractivity contribution < 1.29 is 50.6 Å². The Kier molecular flexibility index (Phi) is 8.13. The first-order valence-corrected chi connectivity index (χ1v) is 9.65. The van der Waals surface area contributed by atoms with E-state index in [9.17, 15) is 35.9 Å². The van der Waals surface area contributed by atoms with Gasteiger partial charge in [0.25, 0.3) is 5.92 Å². The summed E-state index contributed by atoms with van der Waals surface area (Å²) >= 11 is 0. The van der Waals surface area contributed by atoms with Crippen molar-refractivity contribution in [3.8, 4) is 0 Å². The lowest BCUT2D eigenvalue weighted by molar-refractivity contribution is -0.222. The Hall–Kier alpha value is -2.00. The fourth-order valence-electron chi connectivity index (χ4n) is 2.38. The van der Waals surface area contributed by atoms with Crippen molar-refractivity contribution in [1.29, 1.82) is 0 Å². The van der Waals surface area contributed by atoms with E-state index in [0.717, 1.165) is 0 Å². The van der Waals surface area contributed by atoms with E-state index in [4.69, 9.17) is 10.2 Å². The summed E-state index contributed by atoms with van der Waals surface area (Å²) in [7, 11) is -5.81. The molecular weight excluding hydrogens is 414 g/mol. The van der Waals surface area contributed by atoms with Crippen LogP contribution in [0.2, 0.25) is 0 Å². The van der Waals surface area contributed by atoms with E-state index < -0.39 is 69.4 Å². The molecule has 12 heteroatoms. The van der Waals surface area contributed by atoms with Crippen LogP contribution in [0.25, 0.3) is 0 Å². The van der Waals surface area contributed by atoms with Gasteiger partial charge in [-0.3, -0.25) is 14.2 Å². The van der Waals surface area contributed by atoms with Gasteiger partial charge in [0.15, 0.2) is 0 Å². The van der Waals surface area contributed by atoms with Gasteiger partial charge in [-0.2, -0.15) is 13.0 Å². The van der Waals surface area contributed by atoms with E-state index in [0.29, 0.717) is 0 Å². The molecule has 0 aliphatic carbocycles. The van der Waals surface area contributed by atoms with E-state index in [1.165, 1.54) is 30.3 Å².